The molecule has 2 aromatic rings. The molecule has 0 saturated heterocycles. The van der Waals surface area contributed by atoms with E-state index in [1.807, 2.05) is 19.1 Å². The van der Waals surface area contributed by atoms with Gasteiger partial charge in [-0.25, -0.2) is 9.78 Å². The lowest BCUT2D eigenvalue weighted by molar-refractivity contribution is 0.0605. The van der Waals surface area contributed by atoms with E-state index < -0.39 is 5.97 Å². The zero-order valence-electron chi connectivity index (χ0n) is 14.3. The minimum atomic E-state index is -0.410. The minimum absolute atomic E-state index is 0.410. The second kappa shape index (κ2) is 8.82. The molecular weight excluding hydrogens is 410 g/mol. The Kier molecular flexibility index (Phi) is 6.77. The van der Waals surface area contributed by atoms with Crippen molar-refractivity contribution in [2.75, 3.05) is 26.3 Å². The molecule has 0 amide bonds. The summed E-state index contributed by atoms with van der Waals surface area (Å²) in [4.78, 5) is 16.3. The average Bonchev–Trinajstić information content (AvgIpc) is 2.95. The molecule has 9 heteroatoms. The molecule has 134 valence electrons. The van der Waals surface area contributed by atoms with Gasteiger partial charge >= 0.3 is 5.97 Å². The van der Waals surface area contributed by atoms with Gasteiger partial charge in [-0.3, -0.25) is 5.43 Å². The highest BCUT2D eigenvalue weighted by atomic mass is 79.9. The van der Waals surface area contributed by atoms with E-state index in [4.69, 9.17) is 14.2 Å². The lowest BCUT2D eigenvalue weighted by Gasteiger charge is -2.11. The fraction of sp³-hybridized carbons (Fsp3) is 0.312. The first-order chi connectivity index (χ1) is 12.0. The van der Waals surface area contributed by atoms with Crippen LogP contribution in [0, 0.1) is 6.92 Å². The summed E-state index contributed by atoms with van der Waals surface area (Å²) in [5, 5.41) is 4.66. The van der Waals surface area contributed by atoms with Gasteiger partial charge in [-0.05, 0) is 47.5 Å². The van der Waals surface area contributed by atoms with Gasteiger partial charge in [0.25, 0.3) is 0 Å². The van der Waals surface area contributed by atoms with Crippen LogP contribution >= 0.6 is 27.3 Å². The maximum atomic E-state index is 11.6. The van der Waals surface area contributed by atoms with Crippen LogP contribution in [0.2, 0.25) is 0 Å². The van der Waals surface area contributed by atoms with Crippen molar-refractivity contribution in [1.82, 2.24) is 4.98 Å². The molecule has 0 aliphatic rings. The molecule has 1 heterocycles. The molecule has 1 aromatic heterocycles. The molecule has 2 rings (SSSR count). The second-order valence-electron chi connectivity index (χ2n) is 4.76. The van der Waals surface area contributed by atoms with Crippen molar-refractivity contribution in [3.8, 4) is 11.5 Å². The van der Waals surface area contributed by atoms with Gasteiger partial charge in [-0.15, -0.1) is 0 Å². The van der Waals surface area contributed by atoms with Crippen molar-refractivity contribution in [2.45, 2.75) is 13.8 Å². The average molecular weight is 428 g/mol. The molecular formula is C16H18BrN3O4S. The second-order valence-corrected chi connectivity index (χ2v) is 6.62. The Bertz CT molecular complexity index is 792. The van der Waals surface area contributed by atoms with Crippen LogP contribution in [0.4, 0.5) is 5.13 Å². The number of hydrogen-bond acceptors (Lipinski definition) is 8. The number of aromatic nitrogens is 1. The summed E-state index contributed by atoms with van der Waals surface area (Å²) in [5.74, 6) is 0.844. The number of hydrazone groups is 1. The van der Waals surface area contributed by atoms with Crippen molar-refractivity contribution >= 4 is 44.6 Å². The first-order valence-electron chi connectivity index (χ1n) is 7.35. The summed E-state index contributed by atoms with van der Waals surface area (Å²) >= 11 is 4.64. The highest BCUT2D eigenvalue weighted by molar-refractivity contribution is 9.10. The highest BCUT2D eigenvalue weighted by Gasteiger charge is 2.15. The number of hydrogen-bond donors (Lipinski definition) is 1. The van der Waals surface area contributed by atoms with Crippen molar-refractivity contribution < 1.29 is 19.0 Å². The topological polar surface area (TPSA) is 82.0 Å². The van der Waals surface area contributed by atoms with Gasteiger partial charge in [-0.2, -0.15) is 5.10 Å². The van der Waals surface area contributed by atoms with Crippen molar-refractivity contribution in [2.24, 2.45) is 5.10 Å². The molecule has 0 atom stereocenters. The Morgan fingerprint density at radius 3 is 2.84 bits per heavy atom. The number of esters is 1. The SMILES string of the molecule is CCOc1cc(/C=N\Nc2nc(C)c(C(=O)OC)s2)cc(Br)c1OC. The maximum absolute atomic E-state index is 11.6. The Morgan fingerprint density at radius 2 is 2.20 bits per heavy atom. The summed E-state index contributed by atoms with van der Waals surface area (Å²) in [6.07, 6.45) is 1.63. The number of carbonyl (C=O) groups is 1. The molecule has 0 fully saturated rings. The van der Waals surface area contributed by atoms with Gasteiger partial charge < -0.3 is 14.2 Å². The van der Waals surface area contributed by atoms with Crippen LogP contribution in [0.1, 0.15) is 27.9 Å². The van der Waals surface area contributed by atoms with Crippen LogP contribution in [-0.4, -0.2) is 38.0 Å². The summed E-state index contributed by atoms with van der Waals surface area (Å²) < 4.78 is 16.4. The fourth-order valence-electron chi connectivity index (χ4n) is 2.01. The lowest BCUT2D eigenvalue weighted by atomic mass is 10.2. The third-order valence-corrected chi connectivity index (χ3v) is 4.71. The highest BCUT2D eigenvalue weighted by Crippen LogP contribution is 2.36. The number of aryl methyl sites for hydroxylation is 1. The van der Waals surface area contributed by atoms with E-state index in [9.17, 15) is 4.79 Å². The predicted octanol–water partition coefficient (Wildman–Crippen LogP) is 3.85. The van der Waals surface area contributed by atoms with E-state index in [1.54, 1.807) is 20.2 Å². The van der Waals surface area contributed by atoms with Crippen LogP contribution in [0.3, 0.4) is 0 Å². The lowest BCUT2D eigenvalue weighted by Crippen LogP contribution is -1.99. The summed E-state index contributed by atoms with van der Waals surface area (Å²) in [5.41, 5.74) is 4.22. The predicted molar refractivity (Wildman–Crippen MR) is 101 cm³/mol. The van der Waals surface area contributed by atoms with Crippen molar-refractivity contribution in [3.05, 3.63) is 32.7 Å². The minimum Gasteiger partial charge on any atom is -0.492 e. The quantitative estimate of drug-likeness (QED) is 0.410. The van der Waals surface area contributed by atoms with Gasteiger partial charge in [0.2, 0.25) is 5.13 Å². The fourth-order valence-corrected chi connectivity index (χ4v) is 3.47. The molecule has 1 aromatic carbocycles. The number of thiazole rings is 1. The molecule has 0 aliphatic carbocycles. The number of nitrogens with one attached hydrogen (secondary N) is 1. The van der Waals surface area contributed by atoms with E-state index in [0.717, 1.165) is 10.0 Å². The number of ether oxygens (including phenoxy) is 3. The third-order valence-electron chi connectivity index (χ3n) is 3.08. The number of nitrogens with zero attached hydrogens (tertiary/aromatic N) is 2. The van der Waals surface area contributed by atoms with Crippen LogP contribution in [0.15, 0.2) is 21.7 Å². The Hall–Kier alpha value is -2.13. The standard InChI is InChI=1S/C16H18BrN3O4S/c1-5-24-12-7-10(6-11(17)13(12)22-3)8-18-20-16-19-9(2)14(25-16)15(21)23-4/h6-8H,5H2,1-4H3,(H,19,20)/b18-8-. The smallest absolute Gasteiger partial charge is 0.350 e. The van der Waals surface area contributed by atoms with Gasteiger partial charge in [0.05, 0.1) is 37.2 Å². The zero-order valence-corrected chi connectivity index (χ0v) is 16.7. The number of methoxy groups -OCH3 is 2. The first-order valence-corrected chi connectivity index (χ1v) is 8.96. The largest absolute Gasteiger partial charge is 0.492 e. The third kappa shape index (κ3) is 4.70. The van der Waals surface area contributed by atoms with E-state index in [-0.39, 0.29) is 0 Å². The Balaban J connectivity index is 2.16. The molecule has 0 spiro atoms. The molecule has 1 N–H and O–H groups in total. The van der Waals surface area contributed by atoms with Gasteiger partial charge in [0.15, 0.2) is 11.5 Å². The van der Waals surface area contributed by atoms with E-state index in [0.29, 0.717) is 33.8 Å². The molecule has 7 nitrogen and oxygen atoms in total. The number of rotatable bonds is 7. The summed E-state index contributed by atoms with van der Waals surface area (Å²) in [6, 6.07) is 3.69. The number of anilines is 1. The summed E-state index contributed by atoms with van der Waals surface area (Å²) in [6.45, 7) is 4.17. The van der Waals surface area contributed by atoms with Crippen molar-refractivity contribution in [1.29, 1.82) is 0 Å². The molecule has 0 unspecified atom stereocenters. The molecule has 25 heavy (non-hydrogen) atoms. The van der Waals surface area contributed by atoms with Gasteiger partial charge in [0.1, 0.15) is 4.88 Å². The van der Waals surface area contributed by atoms with Crippen LogP contribution in [0.25, 0.3) is 0 Å². The van der Waals surface area contributed by atoms with E-state index in [1.165, 1.54) is 18.4 Å². The number of benzene rings is 1. The normalized spacial score (nSPS) is 10.8. The Labute approximate surface area is 158 Å². The van der Waals surface area contributed by atoms with Crippen molar-refractivity contribution in [3.63, 3.8) is 0 Å². The van der Waals surface area contributed by atoms with Crippen LogP contribution in [0.5, 0.6) is 11.5 Å². The van der Waals surface area contributed by atoms with Gasteiger partial charge in [-0.1, -0.05) is 11.3 Å². The Morgan fingerprint density at radius 1 is 1.44 bits per heavy atom. The zero-order chi connectivity index (χ0) is 18.4. The van der Waals surface area contributed by atoms with E-state index in [2.05, 4.69) is 31.4 Å². The molecule has 0 radical (unpaired) electrons. The first kappa shape index (κ1) is 19.2. The van der Waals surface area contributed by atoms with E-state index >= 15 is 0 Å². The monoisotopic (exact) mass is 427 g/mol. The molecule has 0 saturated carbocycles. The molecule has 0 bridgehead atoms. The summed E-state index contributed by atoms with van der Waals surface area (Å²) in [7, 11) is 2.92. The molecule has 0 aliphatic heterocycles. The number of halogens is 1. The number of carbonyl (C=O) groups excluding carboxylic acids is 1. The van der Waals surface area contributed by atoms with Crippen LogP contribution < -0.4 is 14.9 Å². The van der Waals surface area contributed by atoms with Gasteiger partial charge in [0, 0.05) is 0 Å². The van der Waals surface area contributed by atoms with Crippen LogP contribution in [-0.2, 0) is 4.74 Å². The maximum Gasteiger partial charge on any atom is 0.350 e.